The topological polar surface area (TPSA) is 50.3 Å². The fraction of sp³-hybridized carbons (Fsp3) is 0.545. The molecule has 0 aromatic carbocycles. The predicted octanol–water partition coefficient (Wildman–Crippen LogP) is 2.55. The van der Waals surface area contributed by atoms with Crippen LogP contribution in [0, 0.1) is 0 Å². The molecule has 1 heterocycles. The van der Waals surface area contributed by atoms with Crippen LogP contribution in [0.2, 0.25) is 0 Å². The minimum atomic E-state index is -3.25. The summed E-state index contributed by atoms with van der Waals surface area (Å²) in [5.41, 5.74) is 0. The maximum absolute atomic E-state index is 12.3. The van der Waals surface area contributed by atoms with Gasteiger partial charge in [0.05, 0.1) is 5.25 Å². The number of rotatable bonds is 3. The molecule has 1 aliphatic carbocycles. The molecule has 0 atom stereocenters. The molecule has 17 heavy (non-hydrogen) atoms. The van der Waals surface area contributed by atoms with Gasteiger partial charge in [-0.3, -0.25) is 4.31 Å². The van der Waals surface area contributed by atoms with Gasteiger partial charge in [-0.1, -0.05) is 12.8 Å². The van der Waals surface area contributed by atoms with Gasteiger partial charge in [0.1, 0.15) is 5.82 Å². The third-order valence-corrected chi connectivity index (χ3v) is 5.87. The van der Waals surface area contributed by atoms with Gasteiger partial charge in [-0.05, 0) is 40.9 Å². The third kappa shape index (κ3) is 2.63. The van der Waals surface area contributed by atoms with Crippen LogP contribution in [0.25, 0.3) is 0 Å². The average molecular weight is 319 g/mol. The fourth-order valence-corrected chi connectivity index (χ4v) is 4.07. The highest BCUT2D eigenvalue weighted by Gasteiger charge is 2.32. The molecule has 94 valence electrons. The van der Waals surface area contributed by atoms with Gasteiger partial charge >= 0.3 is 0 Å². The summed E-state index contributed by atoms with van der Waals surface area (Å²) in [5.74, 6) is 0.472. The van der Waals surface area contributed by atoms with Gasteiger partial charge in [-0.15, -0.1) is 0 Å². The lowest BCUT2D eigenvalue weighted by Gasteiger charge is -2.22. The standard InChI is InChI=1S/C11H15BrN2O2S/c1-14(11-7-6-9(12)8-13-11)17(15,16)10-4-2-3-5-10/h6-8,10H,2-5H2,1H3. The van der Waals surface area contributed by atoms with E-state index in [0.717, 1.165) is 30.2 Å². The zero-order chi connectivity index (χ0) is 12.5. The smallest absolute Gasteiger partial charge is 0.238 e. The molecule has 4 nitrogen and oxygen atoms in total. The van der Waals surface area contributed by atoms with Gasteiger partial charge in [0, 0.05) is 17.7 Å². The molecule has 2 rings (SSSR count). The normalized spacial score (nSPS) is 17.3. The Kier molecular flexibility index (Phi) is 3.73. The van der Waals surface area contributed by atoms with Crippen molar-refractivity contribution in [1.82, 2.24) is 4.98 Å². The first-order chi connectivity index (χ1) is 8.01. The van der Waals surface area contributed by atoms with Gasteiger partial charge in [-0.2, -0.15) is 0 Å². The van der Waals surface area contributed by atoms with Gasteiger partial charge in [0.2, 0.25) is 10.0 Å². The number of pyridine rings is 1. The number of sulfonamides is 1. The number of hydrogen-bond acceptors (Lipinski definition) is 3. The van der Waals surface area contributed by atoms with Crippen LogP contribution in [0.3, 0.4) is 0 Å². The average Bonchev–Trinajstić information content (AvgIpc) is 2.83. The molecule has 0 bridgehead atoms. The highest BCUT2D eigenvalue weighted by Crippen LogP contribution is 2.28. The summed E-state index contributed by atoms with van der Waals surface area (Å²) in [6.45, 7) is 0. The molecule has 1 saturated carbocycles. The Morgan fingerprint density at radius 3 is 2.53 bits per heavy atom. The third-order valence-electron chi connectivity index (χ3n) is 3.14. The number of aromatic nitrogens is 1. The Labute approximate surface area is 110 Å². The SMILES string of the molecule is CN(c1ccc(Br)cn1)S(=O)(=O)C1CCCC1. The van der Waals surface area contributed by atoms with Crippen LogP contribution in [0.1, 0.15) is 25.7 Å². The lowest BCUT2D eigenvalue weighted by molar-refractivity contribution is 0.577. The largest absolute Gasteiger partial charge is 0.257 e. The van der Waals surface area contributed by atoms with E-state index in [2.05, 4.69) is 20.9 Å². The molecule has 6 heteroatoms. The van der Waals surface area contributed by atoms with Gasteiger partial charge < -0.3 is 0 Å². The lowest BCUT2D eigenvalue weighted by Crippen LogP contribution is -2.35. The molecule has 0 amide bonds. The molecule has 0 spiro atoms. The first kappa shape index (κ1) is 12.8. The van der Waals surface area contributed by atoms with Crippen LogP contribution in [0.5, 0.6) is 0 Å². The summed E-state index contributed by atoms with van der Waals surface area (Å²) in [7, 11) is -1.68. The monoisotopic (exact) mass is 318 g/mol. The lowest BCUT2D eigenvalue weighted by atomic mass is 10.4. The number of hydrogen-bond donors (Lipinski definition) is 0. The van der Waals surface area contributed by atoms with Crippen LogP contribution in [-0.4, -0.2) is 25.7 Å². The Balaban J connectivity index is 2.24. The maximum atomic E-state index is 12.3. The van der Waals surface area contributed by atoms with Gasteiger partial charge in [0.15, 0.2) is 0 Å². The Morgan fingerprint density at radius 2 is 2.00 bits per heavy atom. The first-order valence-electron chi connectivity index (χ1n) is 5.61. The van der Waals surface area contributed by atoms with Gasteiger partial charge in [-0.25, -0.2) is 13.4 Å². The molecule has 0 N–H and O–H groups in total. The van der Waals surface area contributed by atoms with Crippen molar-refractivity contribution in [3.05, 3.63) is 22.8 Å². The molecular weight excluding hydrogens is 304 g/mol. The second-order valence-corrected chi connectivity index (χ2v) is 7.41. The molecule has 1 aromatic rings. The second-order valence-electron chi connectivity index (χ2n) is 4.25. The number of anilines is 1. The van der Waals surface area contributed by atoms with E-state index in [-0.39, 0.29) is 5.25 Å². The molecule has 1 aromatic heterocycles. The van der Waals surface area contributed by atoms with Crippen molar-refractivity contribution < 1.29 is 8.42 Å². The molecule has 0 aliphatic heterocycles. The summed E-state index contributed by atoms with van der Waals surface area (Å²) in [6.07, 6.45) is 5.15. The molecule has 1 aliphatic rings. The van der Waals surface area contributed by atoms with Gasteiger partial charge in [0.25, 0.3) is 0 Å². The van der Waals surface area contributed by atoms with E-state index in [9.17, 15) is 8.42 Å². The van der Waals surface area contributed by atoms with Crippen LogP contribution in [-0.2, 0) is 10.0 Å². The van der Waals surface area contributed by atoms with Crippen LogP contribution < -0.4 is 4.31 Å². The summed E-state index contributed by atoms with van der Waals surface area (Å²) in [6, 6.07) is 3.50. The van der Waals surface area contributed by atoms with Crippen LogP contribution >= 0.6 is 15.9 Å². The van der Waals surface area contributed by atoms with E-state index in [0.29, 0.717) is 5.82 Å². The molecule has 0 unspecified atom stereocenters. The minimum Gasteiger partial charge on any atom is -0.257 e. The number of nitrogens with zero attached hydrogens (tertiary/aromatic N) is 2. The van der Waals surface area contributed by atoms with E-state index in [1.54, 1.807) is 25.4 Å². The number of halogens is 1. The summed E-state index contributed by atoms with van der Waals surface area (Å²) in [4.78, 5) is 4.12. The summed E-state index contributed by atoms with van der Waals surface area (Å²) >= 11 is 3.28. The van der Waals surface area contributed by atoms with Crippen molar-refractivity contribution in [1.29, 1.82) is 0 Å². The van der Waals surface area contributed by atoms with Crippen molar-refractivity contribution in [2.45, 2.75) is 30.9 Å². The quantitative estimate of drug-likeness (QED) is 0.860. The maximum Gasteiger partial charge on any atom is 0.238 e. The zero-order valence-corrected chi connectivity index (χ0v) is 12.0. The summed E-state index contributed by atoms with van der Waals surface area (Å²) < 4.78 is 26.7. The van der Waals surface area contributed by atoms with Crippen LogP contribution in [0.15, 0.2) is 22.8 Å². The van der Waals surface area contributed by atoms with Crippen molar-refractivity contribution in [3.63, 3.8) is 0 Å². The Morgan fingerprint density at radius 1 is 1.35 bits per heavy atom. The molecule has 0 radical (unpaired) electrons. The van der Waals surface area contributed by atoms with Crippen molar-refractivity contribution in [2.75, 3.05) is 11.4 Å². The van der Waals surface area contributed by atoms with E-state index < -0.39 is 10.0 Å². The van der Waals surface area contributed by atoms with E-state index in [1.807, 2.05) is 0 Å². The second kappa shape index (κ2) is 4.94. The minimum absolute atomic E-state index is 0.238. The highest BCUT2D eigenvalue weighted by molar-refractivity contribution is 9.10. The Bertz CT molecular complexity index is 481. The van der Waals surface area contributed by atoms with Crippen molar-refractivity contribution in [3.8, 4) is 0 Å². The van der Waals surface area contributed by atoms with Crippen LogP contribution in [0.4, 0.5) is 5.82 Å². The van der Waals surface area contributed by atoms with E-state index in [1.165, 1.54) is 4.31 Å². The highest BCUT2D eigenvalue weighted by atomic mass is 79.9. The first-order valence-corrected chi connectivity index (χ1v) is 7.91. The molecular formula is C11H15BrN2O2S. The van der Waals surface area contributed by atoms with E-state index >= 15 is 0 Å². The molecule has 1 fully saturated rings. The molecule has 0 saturated heterocycles. The Hall–Kier alpha value is -0.620. The summed E-state index contributed by atoms with van der Waals surface area (Å²) in [5, 5.41) is -0.238. The van der Waals surface area contributed by atoms with Crippen molar-refractivity contribution >= 4 is 31.8 Å². The fourth-order valence-electron chi connectivity index (χ4n) is 2.09. The van der Waals surface area contributed by atoms with Crippen molar-refractivity contribution in [2.24, 2.45) is 0 Å². The zero-order valence-electron chi connectivity index (χ0n) is 9.63. The van der Waals surface area contributed by atoms with E-state index in [4.69, 9.17) is 0 Å². The predicted molar refractivity (Wildman–Crippen MR) is 71.5 cm³/mol.